The van der Waals surface area contributed by atoms with Crippen molar-refractivity contribution in [3.05, 3.63) is 72.3 Å². The van der Waals surface area contributed by atoms with Crippen LogP contribution in [0, 0.1) is 0 Å². The molecule has 0 saturated carbocycles. The Balaban J connectivity index is 1.65. The molecule has 0 aromatic heterocycles. The average molecular weight is 396 g/mol. The van der Waals surface area contributed by atoms with Gasteiger partial charge in [0.05, 0.1) is 6.61 Å². The summed E-state index contributed by atoms with van der Waals surface area (Å²) in [5.41, 5.74) is 0.821. The maximum Gasteiger partial charge on any atom is 0.331 e. The molecule has 0 saturated heterocycles. The summed E-state index contributed by atoms with van der Waals surface area (Å²) in [4.78, 5) is 23.3. The van der Waals surface area contributed by atoms with E-state index in [-0.39, 0.29) is 6.61 Å². The van der Waals surface area contributed by atoms with Crippen LogP contribution in [0.3, 0.4) is 0 Å². The van der Waals surface area contributed by atoms with Gasteiger partial charge in [0.25, 0.3) is 0 Å². The van der Waals surface area contributed by atoms with E-state index in [1.807, 2.05) is 54.6 Å². The molecule has 0 atom stereocenters. The van der Waals surface area contributed by atoms with Gasteiger partial charge >= 0.3 is 11.9 Å². The van der Waals surface area contributed by atoms with E-state index in [1.54, 1.807) is 0 Å². The maximum atomic E-state index is 11.7. The van der Waals surface area contributed by atoms with Crippen LogP contribution in [0.5, 0.6) is 11.5 Å². The van der Waals surface area contributed by atoms with E-state index >= 15 is 0 Å². The van der Waals surface area contributed by atoms with Crippen LogP contribution in [0.25, 0.3) is 0 Å². The molecule has 29 heavy (non-hydrogen) atoms. The number of esters is 2. The summed E-state index contributed by atoms with van der Waals surface area (Å²) >= 11 is 0. The number of unbranched alkanes of at least 4 members (excludes halogenated alkanes) is 4. The zero-order valence-corrected chi connectivity index (χ0v) is 16.8. The van der Waals surface area contributed by atoms with Gasteiger partial charge in [0.1, 0.15) is 18.1 Å². The second-order valence-corrected chi connectivity index (χ2v) is 6.58. The van der Waals surface area contributed by atoms with Gasteiger partial charge in [0, 0.05) is 12.2 Å². The second kappa shape index (κ2) is 13.2. The van der Waals surface area contributed by atoms with E-state index in [0.29, 0.717) is 12.4 Å². The first-order valence-corrected chi connectivity index (χ1v) is 10.0. The van der Waals surface area contributed by atoms with E-state index in [9.17, 15) is 9.59 Å². The van der Waals surface area contributed by atoms with Crippen molar-refractivity contribution in [3.63, 3.8) is 0 Å². The monoisotopic (exact) mass is 396 g/mol. The van der Waals surface area contributed by atoms with Gasteiger partial charge in [-0.05, 0) is 36.2 Å². The Kier molecular flexibility index (Phi) is 10.1. The first kappa shape index (κ1) is 22.2. The number of hydrogen-bond donors (Lipinski definition) is 0. The van der Waals surface area contributed by atoms with Crippen LogP contribution in [0.1, 0.15) is 44.6 Å². The lowest BCUT2D eigenvalue weighted by Gasteiger charge is -2.07. The lowest BCUT2D eigenvalue weighted by atomic mass is 10.2. The van der Waals surface area contributed by atoms with Crippen LogP contribution in [-0.4, -0.2) is 18.5 Å². The highest BCUT2D eigenvalue weighted by atomic mass is 16.5. The Morgan fingerprint density at radius 3 is 2.07 bits per heavy atom. The Hall–Kier alpha value is -3.08. The van der Waals surface area contributed by atoms with Crippen LogP contribution < -0.4 is 4.74 Å². The van der Waals surface area contributed by atoms with Crippen molar-refractivity contribution >= 4 is 11.9 Å². The predicted octanol–water partition coefficient (Wildman–Crippen LogP) is 5.59. The highest BCUT2D eigenvalue weighted by Crippen LogP contribution is 2.21. The van der Waals surface area contributed by atoms with E-state index in [2.05, 4.69) is 6.92 Å². The summed E-state index contributed by atoms with van der Waals surface area (Å²) in [6, 6.07) is 16.7. The normalized spacial score (nSPS) is 10.7. The molecule has 5 heteroatoms. The number of hydrogen-bond acceptors (Lipinski definition) is 5. The van der Waals surface area contributed by atoms with Gasteiger partial charge in [-0.15, -0.1) is 0 Å². The average Bonchev–Trinajstić information content (AvgIpc) is 2.75. The number of ether oxygens (including phenoxy) is 3. The van der Waals surface area contributed by atoms with Gasteiger partial charge < -0.3 is 14.2 Å². The Labute approximate surface area is 172 Å². The molecule has 0 aliphatic rings. The molecule has 0 amide bonds. The van der Waals surface area contributed by atoms with Gasteiger partial charge in [0.15, 0.2) is 0 Å². The van der Waals surface area contributed by atoms with Crippen molar-refractivity contribution in [1.82, 2.24) is 0 Å². The summed E-state index contributed by atoms with van der Waals surface area (Å²) in [6.45, 7) is 2.64. The molecule has 0 heterocycles. The topological polar surface area (TPSA) is 61.8 Å². The number of carbonyl (C=O) groups excluding carboxylic acids is 2. The van der Waals surface area contributed by atoms with Crippen molar-refractivity contribution in [3.8, 4) is 11.5 Å². The van der Waals surface area contributed by atoms with Crippen molar-refractivity contribution in [2.24, 2.45) is 0 Å². The fourth-order valence-corrected chi connectivity index (χ4v) is 2.54. The molecule has 0 radical (unpaired) electrons. The van der Waals surface area contributed by atoms with Crippen molar-refractivity contribution in [2.45, 2.75) is 45.6 Å². The molecule has 2 aromatic rings. The number of carbonyl (C=O) groups is 2. The molecule has 0 bridgehead atoms. The summed E-state index contributed by atoms with van der Waals surface area (Å²) in [7, 11) is 0. The van der Waals surface area contributed by atoms with E-state index in [4.69, 9.17) is 14.2 Å². The molecule has 0 aliphatic heterocycles. The van der Waals surface area contributed by atoms with Crippen LogP contribution >= 0.6 is 0 Å². The highest BCUT2D eigenvalue weighted by molar-refractivity contribution is 5.91. The number of benzene rings is 2. The molecule has 2 rings (SSSR count). The first-order valence-electron chi connectivity index (χ1n) is 10.0. The van der Waals surface area contributed by atoms with Crippen molar-refractivity contribution in [2.75, 3.05) is 6.61 Å². The minimum atomic E-state index is -0.588. The van der Waals surface area contributed by atoms with Crippen molar-refractivity contribution < 1.29 is 23.8 Å². The summed E-state index contributed by atoms with van der Waals surface area (Å²) in [6.07, 6.45) is 7.60. The Morgan fingerprint density at radius 2 is 1.38 bits per heavy atom. The van der Waals surface area contributed by atoms with Gasteiger partial charge in [-0.3, -0.25) is 0 Å². The molecule has 0 spiro atoms. The van der Waals surface area contributed by atoms with Crippen LogP contribution in [0.4, 0.5) is 0 Å². The fourth-order valence-electron chi connectivity index (χ4n) is 2.54. The second-order valence-electron chi connectivity index (χ2n) is 6.58. The largest absolute Gasteiger partial charge is 0.463 e. The van der Waals surface area contributed by atoms with Crippen LogP contribution in [0.15, 0.2) is 66.7 Å². The minimum absolute atomic E-state index is 0.112. The standard InChI is InChI=1S/C24H28O5/c1-2-3-4-5-9-18-27-23(25)16-17-24(26)28-19-20-12-14-22(15-13-20)29-21-10-7-6-8-11-21/h6-8,10-17H,2-5,9,18-19H2,1H3/b17-16+. The predicted molar refractivity (Wildman–Crippen MR) is 112 cm³/mol. The number of rotatable bonds is 12. The lowest BCUT2D eigenvalue weighted by Crippen LogP contribution is -2.05. The van der Waals surface area contributed by atoms with Gasteiger partial charge in [-0.25, -0.2) is 9.59 Å². The van der Waals surface area contributed by atoms with Gasteiger partial charge in [-0.1, -0.05) is 62.9 Å². The van der Waals surface area contributed by atoms with Crippen LogP contribution in [-0.2, 0) is 25.7 Å². The maximum absolute atomic E-state index is 11.7. The molecule has 5 nitrogen and oxygen atoms in total. The third kappa shape index (κ3) is 9.60. The molecule has 0 unspecified atom stereocenters. The fraction of sp³-hybridized carbons (Fsp3) is 0.333. The Morgan fingerprint density at radius 1 is 0.759 bits per heavy atom. The molecule has 0 fully saturated rings. The van der Waals surface area contributed by atoms with Gasteiger partial charge in [-0.2, -0.15) is 0 Å². The van der Waals surface area contributed by atoms with E-state index in [1.165, 1.54) is 12.8 Å². The molecular weight excluding hydrogens is 368 g/mol. The van der Waals surface area contributed by atoms with E-state index < -0.39 is 11.9 Å². The SMILES string of the molecule is CCCCCCCOC(=O)/C=C/C(=O)OCc1ccc(Oc2ccccc2)cc1. The van der Waals surface area contributed by atoms with E-state index in [0.717, 1.165) is 42.7 Å². The molecule has 0 N–H and O–H groups in total. The van der Waals surface area contributed by atoms with Gasteiger partial charge in [0.2, 0.25) is 0 Å². The number of para-hydroxylation sites is 1. The smallest absolute Gasteiger partial charge is 0.331 e. The quantitative estimate of drug-likeness (QED) is 0.266. The zero-order valence-electron chi connectivity index (χ0n) is 16.8. The van der Waals surface area contributed by atoms with Crippen molar-refractivity contribution in [1.29, 1.82) is 0 Å². The summed E-state index contributed by atoms with van der Waals surface area (Å²) in [5, 5.41) is 0. The molecule has 154 valence electrons. The molecular formula is C24H28O5. The minimum Gasteiger partial charge on any atom is -0.463 e. The molecule has 0 aliphatic carbocycles. The highest BCUT2D eigenvalue weighted by Gasteiger charge is 2.03. The lowest BCUT2D eigenvalue weighted by molar-refractivity contribution is -0.141. The molecule has 2 aromatic carbocycles. The third-order valence-corrected chi connectivity index (χ3v) is 4.13. The summed E-state index contributed by atoms with van der Waals surface area (Å²) < 4.78 is 15.9. The van der Waals surface area contributed by atoms with Crippen LogP contribution in [0.2, 0.25) is 0 Å². The third-order valence-electron chi connectivity index (χ3n) is 4.13. The Bertz CT molecular complexity index is 766. The zero-order chi connectivity index (χ0) is 20.7. The summed E-state index contributed by atoms with van der Waals surface area (Å²) in [5.74, 6) is 0.336. The first-order chi connectivity index (χ1) is 14.2.